The van der Waals surface area contributed by atoms with E-state index in [0.717, 1.165) is 5.69 Å². The van der Waals surface area contributed by atoms with E-state index in [1.165, 1.54) is 0 Å². The minimum atomic E-state index is -0.381. The highest BCUT2D eigenvalue weighted by molar-refractivity contribution is 5.97. The number of carbonyl (C=O) groups excluding carboxylic acids is 2. The molecule has 2 rings (SSSR count). The maximum absolute atomic E-state index is 12.8. The Labute approximate surface area is 125 Å². The summed E-state index contributed by atoms with van der Waals surface area (Å²) in [4.78, 5) is 26.4. The molecule has 0 spiro atoms. The zero-order valence-electron chi connectivity index (χ0n) is 13.2. The second kappa shape index (κ2) is 6.28. The fourth-order valence-electron chi connectivity index (χ4n) is 2.64. The molecular formula is C15H24N4O2. The predicted molar refractivity (Wildman–Crippen MR) is 80.1 cm³/mol. The van der Waals surface area contributed by atoms with Gasteiger partial charge in [-0.05, 0) is 25.3 Å². The van der Waals surface area contributed by atoms with Gasteiger partial charge in [-0.25, -0.2) is 0 Å². The van der Waals surface area contributed by atoms with Gasteiger partial charge in [0.25, 0.3) is 5.91 Å². The molecule has 2 heterocycles. The van der Waals surface area contributed by atoms with E-state index in [1.807, 2.05) is 19.9 Å². The highest BCUT2D eigenvalue weighted by Gasteiger charge is 2.33. The molecule has 0 bridgehead atoms. The molecule has 21 heavy (non-hydrogen) atoms. The Morgan fingerprint density at radius 3 is 2.76 bits per heavy atom. The fraction of sp³-hybridized carbons (Fsp3) is 0.667. The summed E-state index contributed by atoms with van der Waals surface area (Å²) >= 11 is 0. The SMILES string of the molecule is CC[C@@H]1C(=O)NCCN1C(=O)c1cc(C(C)C)nn1CC. The summed E-state index contributed by atoms with van der Waals surface area (Å²) in [5.41, 5.74) is 1.49. The highest BCUT2D eigenvalue weighted by Crippen LogP contribution is 2.18. The predicted octanol–water partition coefficient (Wildman–Crippen LogP) is 1.38. The van der Waals surface area contributed by atoms with Crippen LogP contribution in [0.2, 0.25) is 0 Å². The lowest BCUT2D eigenvalue weighted by molar-refractivity contribution is -0.127. The Balaban J connectivity index is 2.32. The van der Waals surface area contributed by atoms with E-state index in [2.05, 4.69) is 24.3 Å². The fourth-order valence-corrected chi connectivity index (χ4v) is 2.64. The minimum absolute atomic E-state index is 0.0660. The van der Waals surface area contributed by atoms with Crippen molar-refractivity contribution in [3.8, 4) is 0 Å². The van der Waals surface area contributed by atoms with Crippen LogP contribution in [0, 0.1) is 0 Å². The maximum atomic E-state index is 12.8. The molecule has 6 nitrogen and oxygen atoms in total. The molecule has 0 aliphatic carbocycles. The average molecular weight is 292 g/mol. The van der Waals surface area contributed by atoms with Crippen LogP contribution in [0.4, 0.5) is 0 Å². The molecule has 0 radical (unpaired) electrons. The van der Waals surface area contributed by atoms with Gasteiger partial charge < -0.3 is 10.2 Å². The van der Waals surface area contributed by atoms with Gasteiger partial charge in [-0.2, -0.15) is 5.10 Å². The molecule has 1 N–H and O–H groups in total. The summed E-state index contributed by atoms with van der Waals surface area (Å²) in [5, 5.41) is 7.30. The van der Waals surface area contributed by atoms with Crippen LogP contribution in [-0.2, 0) is 11.3 Å². The van der Waals surface area contributed by atoms with E-state index in [-0.39, 0.29) is 23.8 Å². The monoisotopic (exact) mass is 292 g/mol. The average Bonchev–Trinajstić information content (AvgIpc) is 2.90. The summed E-state index contributed by atoms with van der Waals surface area (Å²) in [6.07, 6.45) is 0.620. The molecule has 1 aromatic heterocycles. The van der Waals surface area contributed by atoms with Gasteiger partial charge in [-0.3, -0.25) is 14.3 Å². The highest BCUT2D eigenvalue weighted by atomic mass is 16.2. The first-order valence-electron chi connectivity index (χ1n) is 7.66. The maximum Gasteiger partial charge on any atom is 0.272 e. The molecule has 0 unspecified atom stereocenters. The van der Waals surface area contributed by atoms with Gasteiger partial charge in [0.05, 0.1) is 5.69 Å². The van der Waals surface area contributed by atoms with Gasteiger partial charge in [-0.15, -0.1) is 0 Å². The van der Waals surface area contributed by atoms with E-state index in [9.17, 15) is 9.59 Å². The molecule has 0 aromatic carbocycles. The second-order valence-corrected chi connectivity index (χ2v) is 5.64. The molecule has 1 saturated heterocycles. The van der Waals surface area contributed by atoms with Crippen molar-refractivity contribution < 1.29 is 9.59 Å². The summed E-state index contributed by atoms with van der Waals surface area (Å²) in [6, 6.07) is 1.48. The van der Waals surface area contributed by atoms with E-state index in [4.69, 9.17) is 0 Å². The van der Waals surface area contributed by atoms with Crippen molar-refractivity contribution in [2.75, 3.05) is 13.1 Å². The number of aromatic nitrogens is 2. The number of piperazine rings is 1. The molecule has 116 valence electrons. The zero-order chi connectivity index (χ0) is 15.6. The molecule has 2 amide bonds. The van der Waals surface area contributed by atoms with E-state index < -0.39 is 0 Å². The van der Waals surface area contributed by atoms with Crippen molar-refractivity contribution in [1.29, 1.82) is 0 Å². The summed E-state index contributed by atoms with van der Waals surface area (Å²) in [6.45, 7) is 9.71. The Morgan fingerprint density at radius 1 is 1.48 bits per heavy atom. The van der Waals surface area contributed by atoms with Crippen LogP contribution in [0.5, 0.6) is 0 Å². The lowest BCUT2D eigenvalue weighted by atomic mass is 10.1. The second-order valence-electron chi connectivity index (χ2n) is 5.64. The normalized spacial score (nSPS) is 19.0. The van der Waals surface area contributed by atoms with Crippen LogP contribution in [-0.4, -0.2) is 45.6 Å². The van der Waals surface area contributed by atoms with Crippen molar-refractivity contribution in [2.24, 2.45) is 0 Å². The van der Waals surface area contributed by atoms with E-state index >= 15 is 0 Å². The van der Waals surface area contributed by atoms with Gasteiger partial charge in [-0.1, -0.05) is 20.8 Å². The van der Waals surface area contributed by atoms with Crippen molar-refractivity contribution in [3.05, 3.63) is 17.5 Å². The van der Waals surface area contributed by atoms with E-state index in [1.54, 1.807) is 9.58 Å². The Bertz CT molecular complexity index is 536. The first-order chi connectivity index (χ1) is 9.99. The van der Waals surface area contributed by atoms with Crippen LogP contribution in [0.3, 0.4) is 0 Å². The first kappa shape index (κ1) is 15.5. The number of amides is 2. The van der Waals surface area contributed by atoms with Crippen molar-refractivity contribution in [3.63, 3.8) is 0 Å². The van der Waals surface area contributed by atoms with Gasteiger partial charge in [0.1, 0.15) is 11.7 Å². The standard InChI is InChI=1S/C15H24N4O2/c1-5-12-14(20)16-7-8-18(12)15(21)13-9-11(10(3)4)17-19(13)6-2/h9-10,12H,5-8H2,1-4H3,(H,16,20)/t12-/m1/s1. The van der Waals surface area contributed by atoms with Crippen LogP contribution in [0.25, 0.3) is 0 Å². The van der Waals surface area contributed by atoms with Gasteiger partial charge in [0.2, 0.25) is 5.91 Å². The zero-order valence-corrected chi connectivity index (χ0v) is 13.2. The Hall–Kier alpha value is -1.85. The smallest absolute Gasteiger partial charge is 0.272 e. The van der Waals surface area contributed by atoms with Gasteiger partial charge in [0.15, 0.2) is 0 Å². The molecule has 1 aliphatic rings. The van der Waals surface area contributed by atoms with Gasteiger partial charge in [0, 0.05) is 19.6 Å². The Kier molecular flexibility index (Phi) is 4.65. The van der Waals surface area contributed by atoms with Crippen molar-refractivity contribution in [1.82, 2.24) is 20.0 Å². The number of carbonyl (C=O) groups is 2. The molecule has 0 saturated carbocycles. The number of rotatable bonds is 4. The third-order valence-electron chi connectivity index (χ3n) is 3.89. The molecule has 6 heteroatoms. The van der Waals surface area contributed by atoms with Crippen LogP contribution in [0.15, 0.2) is 6.07 Å². The molecule has 1 aromatic rings. The lowest BCUT2D eigenvalue weighted by Crippen LogP contribution is -2.57. The number of hydrogen-bond donors (Lipinski definition) is 1. The molecule has 1 aliphatic heterocycles. The molecule has 1 fully saturated rings. The van der Waals surface area contributed by atoms with Crippen LogP contribution in [0.1, 0.15) is 56.2 Å². The Morgan fingerprint density at radius 2 is 2.19 bits per heavy atom. The number of nitrogens with zero attached hydrogens (tertiary/aromatic N) is 3. The number of hydrogen-bond acceptors (Lipinski definition) is 3. The number of aryl methyl sites for hydroxylation is 1. The van der Waals surface area contributed by atoms with Crippen LogP contribution >= 0.6 is 0 Å². The van der Waals surface area contributed by atoms with Gasteiger partial charge >= 0.3 is 0 Å². The van der Waals surface area contributed by atoms with Crippen molar-refractivity contribution in [2.45, 2.75) is 52.6 Å². The van der Waals surface area contributed by atoms with E-state index in [0.29, 0.717) is 31.7 Å². The molecule has 1 atom stereocenters. The van der Waals surface area contributed by atoms with Crippen molar-refractivity contribution >= 4 is 11.8 Å². The topological polar surface area (TPSA) is 67.2 Å². The number of nitrogens with one attached hydrogen (secondary N) is 1. The lowest BCUT2D eigenvalue weighted by Gasteiger charge is -2.34. The van der Waals surface area contributed by atoms with Crippen LogP contribution < -0.4 is 5.32 Å². The minimum Gasteiger partial charge on any atom is -0.353 e. The quantitative estimate of drug-likeness (QED) is 0.911. The summed E-state index contributed by atoms with van der Waals surface area (Å²) in [7, 11) is 0. The summed E-state index contributed by atoms with van der Waals surface area (Å²) < 4.78 is 1.73. The largest absolute Gasteiger partial charge is 0.353 e. The summed E-state index contributed by atoms with van der Waals surface area (Å²) in [5.74, 6) is 0.109. The molecular weight excluding hydrogens is 268 g/mol. The third kappa shape index (κ3) is 2.94. The first-order valence-corrected chi connectivity index (χ1v) is 7.66. The third-order valence-corrected chi connectivity index (χ3v) is 3.89.